The quantitative estimate of drug-likeness (QED) is 0.366. The summed E-state index contributed by atoms with van der Waals surface area (Å²) in [6.07, 6.45) is 0.731. The van der Waals surface area contributed by atoms with Crippen LogP contribution >= 0.6 is 11.6 Å². The summed E-state index contributed by atoms with van der Waals surface area (Å²) >= 11 is 5.68. The molecule has 0 aliphatic carbocycles. The van der Waals surface area contributed by atoms with Gasteiger partial charge < -0.3 is 5.73 Å². The second-order valence-corrected chi connectivity index (χ2v) is 6.48. The Labute approximate surface area is 142 Å². The third-order valence-electron chi connectivity index (χ3n) is 2.85. The Morgan fingerprint density at radius 2 is 2.17 bits per heavy atom. The van der Waals surface area contributed by atoms with Crippen LogP contribution in [0, 0.1) is 5.82 Å². The van der Waals surface area contributed by atoms with Gasteiger partial charge in [0, 0.05) is 6.54 Å². The van der Waals surface area contributed by atoms with Gasteiger partial charge in [-0.25, -0.2) is 23.9 Å². The molecule has 1 heterocycles. The maximum Gasteiger partial charge on any atom is 0.274 e. The molecule has 5 N–H and O–H groups in total. The predicted octanol–water partition coefficient (Wildman–Crippen LogP) is 0.625. The van der Waals surface area contributed by atoms with Gasteiger partial charge in [0.2, 0.25) is 0 Å². The molecule has 1 aromatic carbocycles. The number of halogens is 2. The van der Waals surface area contributed by atoms with Gasteiger partial charge in [-0.05, 0) is 36.2 Å². The molecule has 0 aliphatic heterocycles. The van der Waals surface area contributed by atoms with Crippen LogP contribution in [0.15, 0.2) is 27.8 Å². The first-order valence-corrected chi connectivity index (χ1v) is 8.57. The number of aromatic nitrogens is 2. The molecule has 0 radical (unpaired) electrons. The van der Waals surface area contributed by atoms with E-state index in [1.165, 1.54) is 12.1 Å². The number of nitrogens with zero attached hydrogens (tertiary/aromatic N) is 3. The summed E-state index contributed by atoms with van der Waals surface area (Å²) in [6, 6.07) is 3.87. The van der Waals surface area contributed by atoms with E-state index in [-0.39, 0.29) is 23.1 Å². The number of aliphatic imine (C=N–C) groups is 1. The van der Waals surface area contributed by atoms with Gasteiger partial charge in [-0.2, -0.15) is 8.42 Å². The van der Waals surface area contributed by atoms with E-state index in [4.69, 9.17) is 22.5 Å². The van der Waals surface area contributed by atoms with Crippen LogP contribution in [0.3, 0.4) is 0 Å². The van der Waals surface area contributed by atoms with E-state index in [1.807, 2.05) is 0 Å². The largest absolute Gasteiger partial charge is 0.382 e. The molecule has 130 valence electrons. The molecular formula is C12H14ClFN6O3S. The van der Waals surface area contributed by atoms with Crippen molar-refractivity contribution in [3.8, 4) is 0 Å². The molecule has 0 amide bonds. The number of nitrogens with two attached hydrogens (primary N) is 2. The third-order valence-corrected chi connectivity index (χ3v) is 3.74. The van der Waals surface area contributed by atoms with E-state index < -0.39 is 16.0 Å². The maximum atomic E-state index is 13.1. The molecule has 0 aliphatic rings. The van der Waals surface area contributed by atoms with Gasteiger partial charge in [-0.3, -0.25) is 0 Å². The van der Waals surface area contributed by atoms with Crippen LogP contribution in [0.1, 0.15) is 17.8 Å². The Hall–Kier alpha value is -2.08. The average Bonchev–Trinajstić information content (AvgIpc) is 2.95. The van der Waals surface area contributed by atoms with Crippen LogP contribution < -0.4 is 15.6 Å². The van der Waals surface area contributed by atoms with Crippen LogP contribution in [-0.2, 0) is 16.6 Å². The van der Waals surface area contributed by atoms with Gasteiger partial charge in [-0.1, -0.05) is 16.8 Å². The lowest BCUT2D eigenvalue weighted by molar-refractivity contribution is 0.302. The molecule has 9 nitrogen and oxygen atoms in total. The second-order valence-electron chi connectivity index (χ2n) is 4.70. The van der Waals surface area contributed by atoms with Crippen LogP contribution in [0.2, 0.25) is 5.02 Å². The van der Waals surface area contributed by atoms with Crippen molar-refractivity contribution in [3.63, 3.8) is 0 Å². The highest BCUT2D eigenvalue weighted by atomic mass is 35.5. The number of hydrogen-bond acceptors (Lipinski definition) is 6. The maximum absolute atomic E-state index is 13.1. The first-order chi connectivity index (χ1) is 11.3. The molecule has 24 heavy (non-hydrogen) atoms. The zero-order chi connectivity index (χ0) is 17.7. The van der Waals surface area contributed by atoms with Crippen molar-refractivity contribution in [2.45, 2.75) is 12.8 Å². The summed E-state index contributed by atoms with van der Waals surface area (Å²) in [4.78, 5) is 4.08. The highest BCUT2D eigenvalue weighted by Crippen LogP contribution is 2.22. The van der Waals surface area contributed by atoms with Crippen molar-refractivity contribution < 1.29 is 17.4 Å². The Bertz CT molecular complexity index is 854. The van der Waals surface area contributed by atoms with Gasteiger partial charge >= 0.3 is 0 Å². The summed E-state index contributed by atoms with van der Waals surface area (Å²) in [5.41, 5.74) is 6.81. The molecule has 0 fully saturated rings. The lowest BCUT2D eigenvalue weighted by Gasteiger charge is -2.02. The summed E-state index contributed by atoms with van der Waals surface area (Å²) < 4.78 is 41.4. The lowest BCUT2D eigenvalue weighted by Crippen LogP contribution is -2.31. The fourth-order valence-electron chi connectivity index (χ4n) is 1.78. The molecule has 0 saturated heterocycles. The van der Waals surface area contributed by atoms with Crippen LogP contribution in [0.4, 0.5) is 10.1 Å². The number of benzene rings is 1. The third kappa shape index (κ3) is 5.23. The number of amidine groups is 1. The highest BCUT2D eigenvalue weighted by Gasteiger charge is 2.14. The summed E-state index contributed by atoms with van der Waals surface area (Å²) in [7, 11) is -3.74. The van der Waals surface area contributed by atoms with E-state index in [1.54, 1.807) is 0 Å². The van der Waals surface area contributed by atoms with Crippen LogP contribution in [0.25, 0.3) is 0 Å². The van der Waals surface area contributed by atoms with Crippen molar-refractivity contribution in [1.29, 1.82) is 0 Å². The number of rotatable bonds is 7. The predicted molar refractivity (Wildman–Crippen MR) is 85.5 cm³/mol. The highest BCUT2D eigenvalue weighted by molar-refractivity contribution is 7.87. The Kier molecular flexibility index (Phi) is 5.83. The zero-order valence-corrected chi connectivity index (χ0v) is 13.8. The number of aryl methyl sites for hydroxylation is 1. The van der Waals surface area contributed by atoms with Crippen LogP contribution in [0.5, 0.6) is 0 Å². The zero-order valence-electron chi connectivity index (χ0n) is 12.2. The molecule has 1 aromatic heterocycles. The van der Waals surface area contributed by atoms with Gasteiger partial charge in [-0.15, -0.1) is 0 Å². The van der Waals surface area contributed by atoms with E-state index in [0.717, 1.165) is 6.07 Å². The van der Waals surface area contributed by atoms with Gasteiger partial charge in [0.05, 0.1) is 10.7 Å². The number of hydrogen-bond donors (Lipinski definition) is 3. The Morgan fingerprint density at radius 3 is 2.83 bits per heavy atom. The monoisotopic (exact) mass is 376 g/mol. The first-order valence-electron chi connectivity index (χ1n) is 6.64. The van der Waals surface area contributed by atoms with E-state index in [0.29, 0.717) is 24.2 Å². The molecule has 12 heteroatoms. The minimum Gasteiger partial charge on any atom is -0.382 e. The van der Waals surface area contributed by atoms with E-state index in [2.05, 4.69) is 24.7 Å². The normalized spacial score (nSPS) is 12.5. The Balaban J connectivity index is 2.07. The van der Waals surface area contributed by atoms with Crippen molar-refractivity contribution >= 4 is 33.3 Å². The topological polar surface area (TPSA) is 149 Å². The van der Waals surface area contributed by atoms with E-state index in [9.17, 15) is 12.8 Å². The van der Waals surface area contributed by atoms with Gasteiger partial charge in [0.1, 0.15) is 11.5 Å². The van der Waals surface area contributed by atoms with Crippen molar-refractivity contribution in [2.24, 2.45) is 15.9 Å². The minimum atomic E-state index is -3.74. The SMILES string of the molecule is NC(=Nc1ccc(F)c(Cl)c1)c1nonc1CCCNS(N)(=O)=O. The first kappa shape index (κ1) is 18.3. The fourth-order valence-corrected chi connectivity index (χ4v) is 2.39. The van der Waals surface area contributed by atoms with Crippen LogP contribution in [-0.4, -0.2) is 31.1 Å². The molecule has 2 rings (SSSR count). The molecule has 0 spiro atoms. The standard InChI is InChI=1S/C12H14ClFN6O3S/c13-8-6-7(3-4-9(8)14)18-12(15)11-10(19-23-20-11)2-1-5-17-24(16,21)22/h3-4,6,17H,1-2,5H2,(H2,15,18)(H2,16,21,22). The molecule has 0 bridgehead atoms. The van der Waals surface area contributed by atoms with Crippen molar-refractivity contribution in [2.75, 3.05) is 6.54 Å². The molecule has 2 aromatic rings. The molecular weight excluding hydrogens is 363 g/mol. The van der Waals surface area contributed by atoms with Crippen molar-refractivity contribution in [1.82, 2.24) is 15.0 Å². The van der Waals surface area contributed by atoms with Gasteiger partial charge in [0.25, 0.3) is 10.2 Å². The smallest absolute Gasteiger partial charge is 0.274 e. The van der Waals surface area contributed by atoms with Crippen molar-refractivity contribution in [3.05, 3.63) is 40.4 Å². The van der Waals surface area contributed by atoms with Gasteiger partial charge in [0.15, 0.2) is 11.5 Å². The minimum absolute atomic E-state index is 0.00771. The second kappa shape index (κ2) is 7.66. The average molecular weight is 377 g/mol. The Morgan fingerprint density at radius 1 is 1.42 bits per heavy atom. The summed E-state index contributed by atoms with van der Waals surface area (Å²) in [5.74, 6) is -0.561. The molecule has 0 saturated carbocycles. The number of nitrogens with one attached hydrogen (secondary N) is 1. The summed E-state index contributed by atoms with van der Waals surface area (Å²) in [6.45, 7) is 0.121. The lowest BCUT2D eigenvalue weighted by atomic mass is 10.2. The van der Waals surface area contributed by atoms with E-state index >= 15 is 0 Å². The molecule has 0 unspecified atom stereocenters. The summed E-state index contributed by atoms with van der Waals surface area (Å²) in [5, 5.41) is 12.1. The fraction of sp³-hybridized carbons (Fsp3) is 0.250. The molecule has 0 atom stereocenters.